The zero-order chi connectivity index (χ0) is 11.0. The quantitative estimate of drug-likeness (QED) is 0.838. The van der Waals surface area contributed by atoms with Gasteiger partial charge in [-0.05, 0) is 12.1 Å². The second-order valence-corrected chi connectivity index (χ2v) is 4.02. The molecule has 0 aliphatic carbocycles. The number of nitrogens with two attached hydrogens (primary N) is 1. The first-order valence-corrected chi connectivity index (χ1v) is 4.95. The second-order valence-electron chi connectivity index (χ2n) is 3.61. The van der Waals surface area contributed by atoms with Crippen LogP contribution in [-0.4, -0.2) is 13.2 Å². The van der Waals surface area contributed by atoms with Gasteiger partial charge in [0, 0.05) is 17.5 Å². The molecule has 0 aromatic heterocycles. The zero-order valence-electron chi connectivity index (χ0n) is 8.25. The molecule has 1 aromatic rings. The smallest absolute Gasteiger partial charge is 0.142 e. The lowest BCUT2D eigenvalue weighted by atomic mass is 9.92. The van der Waals surface area contributed by atoms with Gasteiger partial charge in [0.1, 0.15) is 11.6 Å². The highest BCUT2D eigenvalue weighted by atomic mass is 35.5. The third kappa shape index (κ3) is 2.46. The van der Waals surface area contributed by atoms with E-state index in [2.05, 4.69) is 0 Å². The molecule has 16 heavy (non-hydrogen) atoms. The number of benzene rings is 1. The average Bonchev–Trinajstić information content (AvgIpc) is 2.08. The lowest BCUT2D eigenvalue weighted by molar-refractivity contribution is -0.0446. The Bertz CT molecular complexity index is 385. The molecule has 1 aliphatic rings. The maximum Gasteiger partial charge on any atom is 0.142 e. The summed E-state index contributed by atoms with van der Waals surface area (Å²) >= 11 is 5.44. The lowest BCUT2D eigenvalue weighted by Gasteiger charge is -2.31. The first-order valence-electron chi connectivity index (χ1n) is 4.57. The van der Waals surface area contributed by atoms with Gasteiger partial charge in [0.05, 0.1) is 18.2 Å². The van der Waals surface area contributed by atoms with Crippen LogP contribution in [0.15, 0.2) is 12.1 Å². The fourth-order valence-electron chi connectivity index (χ4n) is 1.51. The Kier molecular flexibility index (Phi) is 4.50. The summed E-state index contributed by atoms with van der Waals surface area (Å²) in [5.41, 5.74) is 5.95. The highest BCUT2D eigenvalue weighted by molar-refractivity contribution is 6.30. The molecule has 0 spiro atoms. The first kappa shape index (κ1) is 13.6. The molecule has 1 atom stereocenters. The van der Waals surface area contributed by atoms with E-state index < -0.39 is 17.7 Å². The average molecular weight is 270 g/mol. The van der Waals surface area contributed by atoms with Crippen LogP contribution in [0.25, 0.3) is 0 Å². The van der Waals surface area contributed by atoms with E-state index in [1.165, 1.54) is 0 Å². The van der Waals surface area contributed by atoms with Crippen molar-refractivity contribution in [2.75, 3.05) is 13.2 Å². The van der Waals surface area contributed by atoms with Crippen LogP contribution in [-0.2, 0) is 4.74 Å². The van der Waals surface area contributed by atoms with Crippen molar-refractivity contribution in [3.05, 3.63) is 34.4 Å². The molecule has 1 heterocycles. The van der Waals surface area contributed by atoms with Crippen molar-refractivity contribution >= 4 is 24.0 Å². The highest BCUT2D eigenvalue weighted by Crippen LogP contribution is 2.30. The molecular weight excluding hydrogens is 259 g/mol. The van der Waals surface area contributed by atoms with E-state index >= 15 is 0 Å². The van der Waals surface area contributed by atoms with Crippen LogP contribution in [0.1, 0.15) is 11.6 Å². The minimum absolute atomic E-state index is 0. The third-order valence-electron chi connectivity index (χ3n) is 2.57. The first-order chi connectivity index (χ1) is 7.09. The van der Waals surface area contributed by atoms with Gasteiger partial charge in [-0.15, -0.1) is 12.4 Å². The zero-order valence-corrected chi connectivity index (χ0v) is 9.82. The Morgan fingerprint density at radius 1 is 1.31 bits per heavy atom. The molecule has 2 nitrogen and oxygen atoms in total. The van der Waals surface area contributed by atoms with Gasteiger partial charge in [0.25, 0.3) is 0 Å². The molecule has 0 radical (unpaired) electrons. The van der Waals surface area contributed by atoms with Gasteiger partial charge in [0.15, 0.2) is 0 Å². The summed E-state index contributed by atoms with van der Waals surface area (Å²) in [6.07, 6.45) is 0. The van der Waals surface area contributed by atoms with Crippen molar-refractivity contribution in [2.45, 2.75) is 6.04 Å². The maximum absolute atomic E-state index is 13.4. The van der Waals surface area contributed by atoms with Gasteiger partial charge in [0.2, 0.25) is 0 Å². The summed E-state index contributed by atoms with van der Waals surface area (Å²) in [7, 11) is 0. The van der Waals surface area contributed by atoms with Crippen molar-refractivity contribution in [3.8, 4) is 0 Å². The largest absolute Gasteiger partial charge is 0.381 e. The van der Waals surface area contributed by atoms with Gasteiger partial charge in [-0.2, -0.15) is 0 Å². The summed E-state index contributed by atoms with van der Waals surface area (Å²) in [6, 6.07) is 1.47. The second kappa shape index (κ2) is 5.27. The SMILES string of the molecule is Cl.NC(c1cc(F)c(Cl)cc1F)C1COC1. The van der Waals surface area contributed by atoms with E-state index in [1.807, 2.05) is 0 Å². The van der Waals surface area contributed by atoms with E-state index in [9.17, 15) is 8.78 Å². The van der Waals surface area contributed by atoms with Crippen LogP contribution < -0.4 is 5.73 Å². The highest BCUT2D eigenvalue weighted by Gasteiger charge is 2.29. The number of hydrogen-bond donors (Lipinski definition) is 1. The van der Waals surface area contributed by atoms with E-state index in [1.54, 1.807) is 0 Å². The molecule has 1 aromatic carbocycles. The molecular formula is C10H11Cl2F2NO. The van der Waals surface area contributed by atoms with Crippen molar-refractivity contribution in [1.82, 2.24) is 0 Å². The summed E-state index contributed by atoms with van der Waals surface area (Å²) in [5.74, 6) is -1.16. The van der Waals surface area contributed by atoms with E-state index in [0.29, 0.717) is 13.2 Å². The van der Waals surface area contributed by atoms with Gasteiger partial charge in [-0.25, -0.2) is 8.78 Å². The predicted molar refractivity (Wildman–Crippen MR) is 59.9 cm³/mol. The summed E-state index contributed by atoms with van der Waals surface area (Å²) in [4.78, 5) is 0. The molecule has 1 fully saturated rings. The maximum atomic E-state index is 13.4. The van der Waals surface area contributed by atoms with Crippen LogP contribution in [0.5, 0.6) is 0 Å². The van der Waals surface area contributed by atoms with Crippen LogP contribution in [0, 0.1) is 17.6 Å². The summed E-state index contributed by atoms with van der Waals surface area (Å²) in [5, 5.41) is -0.228. The van der Waals surface area contributed by atoms with Gasteiger partial charge >= 0.3 is 0 Å². The van der Waals surface area contributed by atoms with E-state index in [0.717, 1.165) is 12.1 Å². The third-order valence-corrected chi connectivity index (χ3v) is 2.86. The molecule has 2 N–H and O–H groups in total. The molecule has 2 rings (SSSR count). The summed E-state index contributed by atoms with van der Waals surface area (Å²) in [6.45, 7) is 0.982. The van der Waals surface area contributed by atoms with Crippen LogP contribution >= 0.6 is 24.0 Å². The van der Waals surface area contributed by atoms with E-state index in [-0.39, 0.29) is 28.9 Å². The number of ether oxygens (including phenoxy) is 1. The number of hydrogen-bond acceptors (Lipinski definition) is 2. The number of halogens is 4. The van der Waals surface area contributed by atoms with Crippen LogP contribution in [0.2, 0.25) is 5.02 Å². The fraction of sp³-hybridized carbons (Fsp3) is 0.400. The number of rotatable bonds is 2. The van der Waals surface area contributed by atoms with E-state index in [4.69, 9.17) is 22.1 Å². The van der Waals surface area contributed by atoms with Gasteiger partial charge in [-0.3, -0.25) is 0 Å². The molecule has 1 aliphatic heterocycles. The summed E-state index contributed by atoms with van der Waals surface area (Å²) < 4.78 is 31.5. The topological polar surface area (TPSA) is 35.2 Å². The Labute approximate surface area is 103 Å². The Morgan fingerprint density at radius 2 is 1.94 bits per heavy atom. The normalized spacial score (nSPS) is 17.5. The van der Waals surface area contributed by atoms with Crippen molar-refractivity contribution in [2.24, 2.45) is 11.7 Å². The lowest BCUT2D eigenvalue weighted by Crippen LogP contribution is -2.37. The monoisotopic (exact) mass is 269 g/mol. The minimum atomic E-state index is -0.649. The van der Waals surface area contributed by atoms with Crippen molar-refractivity contribution < 1.29 is 13.5 Å². The molecule has 90 valence electrons. The Hall–Kier alpha value is -0.420. The Balaban J connectivity index is 0.00000128. The molecule has 0 saturated carbocycles. The standard InChI is InChI=1S/C10H10ClF2NO.ClH/c11-7-2-8(12)6(1-9(7)13)10(14)5-3-15-4-5;/h1-2,5,10H,3-4,14H2;1H. The minimum Gasteiger partial charge on any atom is -0.381 e. The predicted octanol–water partition coefficient (Wildman–Crippen LogP) is 2.69. The molecule has 0 bridgehead atoms. The molecule has 0 amide bonds. The van der Waals surface area contributed by atoms with Gasteiger partial charge < -0.3 is 10.5 Å². The van der Waals surface area contributed by atoms with Gasteiger partial charge in [-0.1, -0.05) is 11.6 Å². The fourth-order valence-corrected chi connectivity index (χ4v) is 1.66. The molecule has 1 unspecified atom stereocenters. The molecule has 6 heteroatoms. The Morgan fingerprint density at radius 3 is 2.44 bits per heavy atom. The van der Waals surface area contributed by atoms with Crippen LogP contribution in [0.3, 0.4) is 0 Å². The van der Waals surface area contributed by atoms with Crippen molar-refractivity contribution in [1.29, 1.82) is 0 Å². The van der Waals surface area contributed by atoms with Crippen molar-refractivity contribution in [3.63, 3.8) is 0 Å². The van der Waals surface area contributed by atoms with Crippen LogP contribution in [0.4, 0.5) is 8.78 Å². The molecule has 1 saturated heterocycles.